The highest BCUT2D eigenvalue weighted by atomic mass is 16.3. The average Bonchev–Trinajstić information content (AvgIpc) is 2.76. The summed E-state index contributed by atoms with van der Waals surface area (Å²) in [6.45, 7) is 4.50. The highest BCUT2D eigenvalue weighted by molar-refractivity contribution is 5.94. The summed E-state index contributed by atoms with van der Waals surface area (Å²) in [4.78, 5) is 28.0. The van der Waals surface area contributed by atoms with E-state index in [0.29, 0.717) is 28.6 Å². The molecule has 0 fully saturated rings. The molecule has 0 N–H and O–H groups in total. The second kappa shape index (κ2) is 8.37. The number of benzene rings is 3. The molecule has 0 saturated heterocycles. The molecule has 150 valence electrons. The van der Waals surface area contributed by atoms with Crippen LogP contribution in [0.5, 0.6) is 0 Å². The summed E-state index contributed by atoms with van der Waals surface area (Å²) in [5, 5.41) is 0.537. The molecule has 1 heterocycles. The quantitative estimate of drug-likeness (QED) is 0.462. The van der Waals surface area contributed by atoms with Gasteiger partial charge in [-0.2, -0.15) is 0 Å². The van der Waals surface area contributed by atoms with E-state index in [1.165, 1.54) is 6.26 Å². The maximum Gasteiger partial charge on any atom is 0.254 e. The minimum atomic E-state index is -0.123. The second-order valence-corrected chi connectivity index (χ2v) is 7.60. The fourth-order valence-corrected chi connectivity index (χ4v) is 3.48. The van der Waals surface area contributed by atoms with Crippen molar-refractivity contribution in [1.82, 2.24) is 4.90 Å². The summed E-state index contributed by atoms with van der Waals surface area (Å²) in [5.74, 6) is -0.123. The Morgan fingerprint density at radius 3 is 2.30 bits per heavy atom. The highest BCUT2D eigenvalue weighted by Crippen LogP contribution is 2.17. The van der Waals surface area contributed by atoms with Crippen LogP contribution in [0.25, 0.3) is 11.0 Å². The van der Waals surface area contributed by atoms with Gasteiger partial charge in [0.1, 0.15) is 5.58 Å². The van der Waals surface area contributed by atoms with Crippen LogP contribution in [0.1, 0.15) is 32.6 Å². The maximum atomic E-state index is 13.3. The largest absolute Gasteiger partial charge is 0.464 e. The van der Waals surface area contributed by atoms with Crippen LogP contribution < -0.4 is 5.43 Å². The molecule has 0 radical (unpaired) electrons. The molecule has 4 aromatic rings. The van der Waals surface area contributed by atoms with Gasteiger partial charge in [0.2, 0.25) is 0 Å². The third-order valence-corrected chi connectivity index (χ3v) is 5.16. The first-order chi connectivity index (χ1) is 14.5. The molecule has 1 aromatic heterocycles. The van der Waals surface area contributed by atoms with E-state index in [2.05, 4.69) is 0 Å². The minimum absolute atomic E-state index is 0.102. The number of hydrogen-bond acceptors (Lipinski definition) is 3. The zero-order valence-electron chi connectivity index (χ0n) is 17.1. The van der Waals surface area contributed by atoms with Gasteiger partial charge < -0.3 is 9.32 Å². The molecular weight excluding hydrogens is 374 g/mol. The molecule has 0 atom stereocenters. The summed E-state index contributed by atoms with van der Waals surface area (Å²) in [7, 11) is 0. The van der Waals surface area contributed by atoms with E-state index in [0.717, 1.165) is 16.7 Å². The second-order valence-electron chi connectivity index (χ2n) is 7.60. The van der Waals surface area contributed by atoms with Crippen LogP contribution in [0.3, 0.4) is 0 Å². The van der Waals surface area contributed by atoms with Crippen LogP contribution in [0.2, 0.25) is 0 Å². The number of hydrogen-bond donors (Lipinski definition) is 0. The lowest BCUT2D eigenvalue weighted by molar-refractivity contribution is 0.0729. The molecule has 0 aliphatic carbocycles. The summed E-state index contributed by atoms with van der Waals surface area (Å²) >= 11 is 0. The predicted molar refractivity (Wildman–Crippen MR) is 118 cm³/mol. The smallest absolute Gasteiger partial charge is 0.254 e. The minimum Gasteiger partial charge on any atom is -0.464 e. The first kappa shape index (κ1) is 19.6. The first-order valence-corrected chi connectivity index (χ1v) is 9.92. The lowest BCUT2D eigenvalue weighted by atomic mass is 10.1. The Bertz CT molecular complexity index is 1240. The van der Waals surface area contributed by atoms with Crippen molar-refractivity contribution in [2.45, 2.75) is 26.9 Å². The fraction of sp³-hybridized carbons (Fsp3) is 0.154. The first-order valence-electron chi connectivity index (χ1n) is 9.92. The van der Waals surface area contributed by atoms with Crippen LogP contribution in [0.15, 0.2) is 88.3 Å². The standard InChI is InChI=1S/C26H23NO3/c1-18-8-11-21(12-9-18)26(29)27(15-20-6-4-3-5-7-20)16-22-17-30-24-13-10-19(2)14-23(24)25(22)28/h3-14,17H,15-16H2,1-2H3. The summed E-state index contributed by atoms with van der Waals surface area (Å²) in [6, 6.07) is 22.8. The molecule has 4 heteroatoms. The molecule has 0 bridgehead atoms. The van der Waals surface area contributed by atoms with E-state index >= 15 is 0 Å². The Labute approximate surface area is 175 Å². The van der Waals surface area contributed by atoms with Gasteiger partial charge in [-0.15, -0.1) is 0 Å². The number of fused-ring (bicyclic) bond motifs is 1. The number of aryl methyl sites for hydroxylation is 2. The van der Waals surface area contributed by atoms with Crippen LogP contribution in [-0.2, 0) is 13.1 Å². The van der Waals surface area contributed by atoms with Gasteiger partial charge >= 0.3 is 0 Å². The summed E-state index contributed by atoms with van der Waals surface area (Å²) < 4.78 is 5.69. The predicted octanol–water partition coefficient (Wildman–Crippen LogP) is 5.25. The van der Waals surface area contributed by atoms with Gasteiger partial charge in [-0.1, -0.05) is 59.7 Å². The highest BCUT2D eigenvalue weighted by Gasteiger charge is 2.19. The molecule has 4 nitrogen and oxygen atoms in total. The third kappa shape index (κ3) is 4.18. The van der Waals surface area contributed by atoms with E-state index in [1.807, 2.05) is 80.6 Å². The fourth-order valence-electron chi connectivity index (χ4n) is 3.48. The van der Waals surface area contributed by atoms with E-state index in [1.54, 1.807) is 11.0 Å². The Morgan fingerprint density at radius 1 is 0.867 bits per heavy atom. The molecule has 0 saturated carbocycles. The van der Waals surface area contributed by atoms with Crippen molar-refractivity contribution in [3.63, 3.8) is 0 Å². The van der Waals surface area contributed by atoms with Crippen molar-refractivity contribution in [2.75, 3.05) is 0 Å². The van der Waals surface area contributed by atoms with Crippen LogP contribution in [-0.4, -0.2) is 10.8 Å². The van der Waals surface area contributed by atoms with Crippen molar-refractivity contribution in [3.8, 4) is 0 Å². The number of nitrogens with zero attached hydrogens (tertiary/aromatic N) is 1. The van der Waals surface area contributed by atoms with Crippen LogP contribution in [0.4, 0.5) is 0 Å². The molecule has 3 aromatic carbocycles. The van der Waals surface area contributed by atoms with Crippen molar-refractivity contribution in [3.05, 3.63) is 117 Å². The van der Waals surface area contributed by atoms with Crippen molar-refractivity contribution < 1.29 is 9.21 Å². The summed E-state index contributed by atoms with van der Waals surface area (Å²) in [6.07, 6.45) is 1.47. The molecule has 4 rings (SSSR count). The van der Waals surface area contributed by atoms with Gasteiger partial charge in [-0.05, 0) is 43.7 Å². The molecule has 0 spiro atoms. The van der Waals surface area contributed by atoms with E-state index in [4.69, 9.17) is 4.42 Å². The van der Waals surface area contributed by atoms with E-state index < -0.39 is 0 Å². The summed E-state index contributed by atoms with van der Waals surface area (Å²) in [5.41, 5.74) is 4.58. The normalized spacial score (nSPS) is 10.9. The molecule has 0 unspecified atom stereocenters. The molecule has 30 heavy (non-hydrogen) atoms. The SMILES string of the molecule is Cc1ccc(C(=O)N(Cc2ccccc2)Cc2coc3ccc(C)cc3c2=O)cc1. The number of amides is 1. The van der Waals surface area contributed by atoms with Gasteiger partial charge in [-0.25, -0.2) is 0 Å². The zero-order valence-corrected chi connectivity index (χ0v) is 17.1. The average molecular weight is 397 g/mol. The van der Waals surface area contributed by atoms with Gasteiger partial charge in [0, 0.05) is 12.1 Å². The molecule has 0 aliphatic rings. The van der Waals surface area contributed by atoms with Crippen LogP contribution in [0, 0.1) is 13.8 Å². The Hall–Kier alpha value is -3.66. The van der Waals surface area contributed by atoms with E-state index in [9.17, 15) is 9.59 Å². The van der Waals surface area contributed by atoms with Gasteiger partial charge in [0.25, 0.3) is 5.91 Å². The van der Waals surface area contributed by atoms with Crippen molar-refractivity contribution >= 4 is 16.9 Å². The topological polar surface area (TPSA) is 50.5 Å². The van der Waals surface area contributed by atoms with Crippen LogP contribution >= 0.6 is 0 Å². The lowest BCUT2D eigenvalue weighted by Gasteiger charge is -2.23. The van der Waals surface area contributed by atoms with Gasteiger partial charge in [-0.3, -0.25) is 9.59 Å². The Morgan fingerprint density at radius 2 is 1.57 bits per heavy atom. The zero-order chi connectivity index (χ0) is 21.1. The Balaban J connectivity index is 1.71. The number of carbonyl (C=O) groups excluding carboxylic acids is 1. The molecular formula is C26H23NO3. The van der Waals surface area contributed by atoms with Crippen molar-refractivity contribution in [2.24, 2.45) is 0 Å². The van der Waals surface area contributed by atoms with Gasteiger partial charge in [0.15, 0.2) is 5.43 Å². The van der Waals surface area contributed by atoms with E-state index in [-0.39, 0.29) is 17.9 Å². The third-order valence-electron chi connectivity index (χ3n) is 5.16. The molecule has 0 aliphatic heterocycles. The van der Waals surface area contributed by atoms with Crippen molar-refractivity contribution in [1.29, 1.82) is 0 Å². The molecule has 1 amide bonds. The number of carbonyl (C=O) groups is 1. The number of rotatable bonds is 5. The van der Waals surface area contributed by atoms with Gasteiger partial charge in [0.05, 0.1) is 23.8 Å². The lowest BCUT2D eigenvalue weighted by Crippen LogP contribution is -2.32. The monoisotopic (exact) mass is 397 g/mol. The Kier molecular flexibility index (Phi) is 5.48. The maximum absolute atomic E-state index is 13.3.